The van der Waals surface area contributed by atoms with E-state index in [-0.39, 0.29) is 22.9 Å². The summed E-state index contributed by atoms with van der Waals surface area (Å²) in [6.07, 6.45) is 0.388. The number of carbonyl (C=O) groups is 1. The fraction of sp³-hybridized carbons (Fsp3) is 0.500. The molecule has 1 amide bonds. The van der Waals surface area contributed by atoms with Crippen molar-refractivity contribution in [2.24, 2.45) is 11.3 Å². The standard InChI is InChI=1S/C18H24N4O4/c1-11(2)15(19-14(23)10-18(3,4)5)17-20-16(21-26-17)12-6-8-13(9-7-12)22(24)25/h6-9,11,15H,10H2,1-5H3,(H,19,23). The van der Waals surface area contributed by atoms with Crippen LogP contribution in [0.2, 0.25) is 0 Å². The zero-order chi connectivity index (χ0) is 19.5. The molecule has 1 atom stereocenters. The first kappa shape index (κ1) is 19.6. The number of hydrogen-bond acceptors (Lipinski definition) is 6. The van der Waals surface area contributed by atoms with Gasteiger partial charge in [0.05, 0.1) is 4.92 Å². The molecule has 1 N–H and O–H groups in total. The SMILES string of the molecule is CC(C)C(NC(=O)CC(C)(C)C)c1nc(-c2ccc([N+](=O)[O-])cc2)no1. The third-order valence-electron chi connectivity index (χ3n) is 3.72. The van der Waals surface area contributed by atoms with Gasteiger partial charge in [-0.05, 0) is 23.5 Å². The number of nitro benzene ring substituents is 1. The Morgan fingerprint density at radius 3 is 2.38 bits per heavy atom. The van der Waals surface area contributed by atoms with Crippen LogP contribution in [0.3, 0.4) is 0 Å². The van der Waals surface area contributed by atoms with Gasteiger partial charge in [0.1, 0.15) is 6.04 Å². The fourth-order valence-electron chi connectivity index (χ4n) is 2.43. The second kappa shape index (κ2) is 7.63. The molecule has 1 unspecified atom stereocenters. The zero-order valence-corrected chi connectivity index (χ0v) is 15.6. The molecule has 0 fully saturated rings. The summed E-state index contributed by atoms with van der Waals surface area (Å²) in [4.78, 5) is 26.9. The van der Waals surface area contributed by atoms with Gasteiger partial charge in [-0.15, -0.1) is 0 Å². The minimum Gasteiger partial charge on any atom is -0.344 e. The number of benzene rings is 1. The number of amides is 1. The van der Waals surface area contributed by atoms with Gasteiger partial charge in [0.15, 0.2) is 0 Å². The Labute approximate surface area is 152 Å². The largest absolute Gasteiger partial charge is 0.344 e. The van der Waals surface area contributed by atoms with Crippen LogP contribution in [0.25, 0.3) is 11.4 Å². The molecule has 0 bridgehead atoms. The lowest BCUT2D eigenvalue weighted by molar-refractivity contribution is -0.384. The van der Waals surface area contributed by atoms with E-state index in [4.69, 9.17) is 4.52 Å². The van der Waals surface area contributed by atoms with Crippen LogP contribution in [0, 0.1) is 21.4 Å². The lowest BCUT2D eigenvalue weighted by Gasteiger charge is -2.22. The maximum atomic E-state index is 12.3. The van der Waals surface area contributed by atoms with Crippen LogP contribution in [-0.4, -0.2) is 21.0 Å². The summed E-state index contributed by atoms with van der Waals surface area (Å²) in [6, 6.07) is 5.50. The number of nitro groups is 1. The van der Waals surface area contributed by atoms with Gasteiger partial charge in [0, 0.05) is 24.1 Å². The molecule has 0 saturated heterocycles. The van der Waals surface area contributed by atoms with E-state index in [1.807, 2.05) is 34.6 Å². The molecular weight excluding hydrogens is 336 g/mol. The predicted molar refractivity (Wildman–Crippen MR) is 96.2 cm³/mol. The molecule has 0 radical (unpaired) electrons. The van der Waals surface area contributed by atoms with Crippen molar-refractivity contribution >= 4 is 11.6 Å². The summed E-state index contributed by atoms with van der Waals surface area (Å²) in [5, 5.41) is 17.6. The molecule has 26 heavy (non-hydrogen) atoms. The highest BCUT2D eigenvalue weighted by atomic mass is 16.6. The van der Waals surface area contributed by atoms with Crippen LogP contribution in [0.4, 0.5) is 5.69 Å². The molecule has 1 heterocycles. The second-order valence-corrected chi connectivity index (χ2v) is 7.79. The van der Waals surface area contributed by atoms with Gasteiger partial charge < -0.3 is 9.84 Å². The highest BCUT2D eigenvalue weighted by molar-refractivity contribution is 5.77. The summed E-state index contributed by atoms with van der Waals surface area (Å²) < 4.78 is 5.34. The van der Waals surface area contributed by atoms with Crippen LogP contribution < -0.4 is 5.32 Å². The van der Waals surface area contributed by atoms with E-state index in [0.29, 0.717) is 23.7 Å². The third kappa shape index (κ3) is 5.11. The third-order valence-corrected chi connectivity index (χ3v) is 3.72. The average molecular weight is 360 g/mol. The van der Waals surface area contributed by atoms with E-state index < -0.39 is 11.0 Å². The van der Waals surface area contributed by atoms with E-state index in [0.717, 1.165) is 0 Å². The Morgan fingerprint density at radius 1 is 1.27 bits per heavy atom. The molecule has 1 aromatic heterocycles. The van der Waals surface area contributed by atoms with Gasteiger partial charge in [-0.1, -0.05) is 39.8 Å². The van der Waals surface area contributed by atoms with E-state index in [1.54, 1.807) is 12.1 Å². The molecule has 1 aromatic carbocycles. The minimum atomic E-state index is -0.467. The summed E-state index contributed by atoms with van der Waals surface area (Å²) >= 11 is 0. The smallest absolute Gasteiger partial charge is 0.269 e. The second-order valence-electron chi connectivity index (χ2n) is 7.79. The Kier molecular flexibility index (Phi) is 5.74. The van der Waals surface area contributed by atoms with Crippen molar-refractivity contribution in [3.63, 3.8) is 0 Å². The van der Waals surface area contributed by atoms with Crippen molar-refractivity contribution in [3.8, 4) is 11.4 Å². The molecule has 0 saturated carbocycles. The molecule has 8 nitrogen and oxygen atoms in total. The number of non-ortho nitro benzene ring substituents is 1. The van der Waals surface area contributed by atoms with Crippen molar-refractivity contribution in [2.45, 2.75) is 47.1 Å². The number of hydrogen-bond donors (Lipinski definition) is 1. The summed E-state index contributed by atoms with van der Waals surface area (Å²) in [5.74, 6) is 0.622. The molecule has 0 aliphatic heterocycles. The quantitative estimate of drug-likeness (QED) is 0.618. The monoisotopic (exact) mass is 360 g/mol. The summed E-state index contributed by atoms with van der Waals surface area (Å²) in [7, 11) is 0. The molecule has 140 valence electrons. The van der Waals surface area contributed by atoms with Gasteiger partial charge in [0.2, 0.25) is 17.6 Å². The zero-order valence-electron chi connectivity index (χ0n) is 15.6. The van der Waals surface area contributed by atoms with Gasteiger partial charge in [-0.25, -0.2) is 0 Å². The summed E-state index contributed by atoms with van der Waals surface area (Å²) in [6.45, 7) is 9.90. The van der Waals surface area contributed by atoms with E-state index in [2.05, 4.69) is 15.5 Å². The highest BCUT2D eigenvalue weighted by Gasteiger charge is 2.26. The first-order chi connectivity index (χ1) is 12.1. The van der Waals surface area contributed by atoms with E-state index in [9.17, 15) is 14.9 Å². The Balaban J connectivity index is 2.18. The van der Waals surface area contributed by atoms with Crippen molar-refractivity contribution < 1.29 is 14.2 Å². The Bertz CT molecular complexity index is 775. The minimum absolute atomic E-state index is 0.00744. The number of carbonyl (C=O) groups excluding carboxylic acids is 1. The number of aromatic nitrogens is 2. The lowest BCUT2D eigenvalue weighted by Crippen LogP contribution is -2.34. The maximum absolute atomic E-state index is 12.3. The van der Waals surface area contributed by atoms with Crippen LogP contribution in [0.15, 0.2) is 28.8 Å². The van der Waals surface area contributed by atoms with Crippen LogP contribution >= 0.6 is 0 Å². The molecule has 2 aromatic rings. The topological polar surface area (TPSA) is 111 Å². The summed E-state index contributed by atoms with van der Waals surface area (Å²) in [5.41, 5.74) is 0.478. The fourth-order valence-corrected chi connectivity index (χ4v) is 2.43. The maximum Gasteiger partial charge on any atom is 0.269 e. The first-order valence-electron chi connectivity index (χ1n) is 8.44. The predicted octanol–water partition coefficient (Wildman–Crippen LogP) is 3.89. The van der Waals surface area contributed by atoms with E-state index in [1.165, 1.54) is 12.1 Å². The van der Waals surface area contributed by atoms with Crippen LogP contribution in [0.1, 0.15) is 53.0 Å². The van der Waals surface area contributed by atoms with Gasteiger partial charge in [0.25, 0.3) is 5.69 Å². The molecule has 0 spiro atoms. The molecule has 0 aliphatic carbocycles. The highest BCUT2D eigenvalue weighted by Crippen LogP contribution is 2.26. The molecule has 2 rings (SSSR count). The molecule has 0 aliphatic rings. The van der Waals surface area contributed by atoms with Gasteiger partial charge >= 0.3 is 0 Å². The first-order valence-corrected chi connectivity index (χ1v) is 8.44. The number of nitrogens with zero attached hydrogens (tertiary/aromatic N) is 3. The normalized spacial score (nSPS) is 12.8. The Morgan fingerprint density at radius 2 is 1.88 bits per heavy atom. The number of nitrogens with one attached hydrogen (secondary N) is 1. The lowest BCUT2D eigenvalue weighted by atomic mass is 9.91. The number of rotatable bonds is 6. The van der Waals surface area contributed by atoms with Crippen molar-refractivity contribution in [2.75, 3.05) is 0 Å². The van der Waals surface area contributed by atoms with E-state index >= 15 is 0 Å². The average Bonchev–Trinajstić information content (AvgIpc) is 3.00. The van der Waals surface area contributed by atoms with Gasteiger partial charge in [-0.2, -0.15) is 4.98 Å². The van der Waals surface area contributed by atoms with Crippen LogP contribution in [-0.2, 0) is 4.79 Å². The van der Waals surface area contributed by atoms with Crippen molar-refractivity contribution in [3.05, 3.63) is 40.3 Å². The van der Waals surface area contributed by atoms with Crippen molar-refractivity contribution in [1.82, 2.24) is 15.5 Å². The Hall–Kier alpha value is -2.77. The van der Waals surface area contributed by atoms with Gasteiger partial charge in [-0.3, -0.25) is 14.9 Å². The molecular formula is C18H24N4O4. The van der Waals surface area contributed by atoms with Crippen molar-refractivity contribution in [1.29, 1.82) is 0 Å². The van der Waals surface area contributed by atoms with Crippen LogP contribution in [0.5, 0.6) is 0 Å². The molecule has 8 heteroatoms.